The molecule has 1 aliphatic rings. The van der Waals surface area contributed by atoms with Crippen LogP contribution in [0, 0.1) is 5.41 Å². The molecule has 69 heavy (non-hydrogen) atoms. The zero-order valence-electron chi connectivity index (χ0n) is 39.4. The molecule has 0 aliphatic carbocycles. The van der Waals surface area contributed by atoms with Gasteiger partial charge in [-0.3, -0.25) is 36.9 Å². The number of ether oxygens (including phenoxy) is 1. The molecule has 2 amide bonds. The van der Waals surface area contributed by atoms with Crippen molar-refractivity contribution in [2.75, 3.05) is 32.1 Å². The highest BCUT2D eigenvalue weighted by molar-refractivity contribution is 8.13. The third kappa shape index (κ3) is 20.4. The van der Waals surface area contributed by atoms with Crippen LogP contribution in [0.15, 0.2) is 25.0 Å². The van der Waals surface area contributed by atoms with Crippen LogP contribution in [-0.2, 0) is 50.7 Å². The number of phosphoric ester groups is 3. The maximum Gasteiger partial charge on any atom is 0.481 e. The molecule has 0 saturated carbocycles. The molecule has 7 atom stereocenters. The molecule has 1 fully saturated rings. The number of nitrogens with one attached hydrogen (secondary N) is 2. The van der Waals surface area contributed by atoms with Gasteiger partial charge in [-0.25, -0.2) is 28.6 Å². The second kappa shape index (κ2) is 28.5. The van der Waals surface area contributed by atoms with E-state index in [0.29, 0.717) is 17.8 Å². The predicted molar refractivity (Wildman–Crippen MR) is 253 cm³/mol. The Morgan fingerprint density at radius 2 is 1.42 bits per heavy atom. The molecule has 8 N–H and O–H groups in total. The molecule has 28 heteroatoms. The van der Waals surface area contributed by atoms with Crippen LogP contribution in [0.25, 0.3) is 16.8 Å². The van der Waals surface area contributed by atoms with Gasteiger partial charge in [0.15, 0.2) is 28.2 Å². The Labute approximate surface area is 405 Å². The molecule has 24 nitrogen and oxygen atoms in total. The van der Waals surface area contributed by atoms with Gasteiger partial charge in [0, 0.05) is 49.5 Å². The molecular weight excluding hydrogens is 987 g/mol. The summed E-state index contributed by atoms with van der Waals surface area (Å²) in [7, 11) is -16.4. The summed E-state index contributed by atoms with van der Waals surface area (Å²) in [5.74, 6) is -0.968. The molecule has 4 heterocycles. The number of thioether (sulfide) groups is 1. The fraction of sp³-hybridized carbons (Fsp3) is 0.756. The van der Waals surface area contributed by atoms with E-state index in [1.807, 2.05) is 0 Å². The number of amides is 2. The van der Waals surface area contributed by atoms with Crippen LogP contribution in [-0.4, -0.2) is 127 Å². The summed E-state index contributed by atoms with van der Waals surface area (Å²) in [6.07, 6.45) is 15.9. The molecule has 0 bridgehead atoms. The molecule has 1 aliphatic heterocycles. The molecule has 0 aromatic carbocycles. The number of phosphoric acid groups is 3. The molecule has 4 rings (SSSR count). The number of unbranched alkanes of at least 4 members (excludes halogenated alkanes) is 14. The Morgan fingerprint density at radius 1 is 0.812 bits per heavy atom. The van der Waals surface area contributed by atoms with Gasteiger partial charge in [-0.15, -0.1) is 0 Å². The van der Waals surface area contributed by atoms with Gasteiger partial charge in [0.25, 0.3) is 0 Å². The van der Waals surface area contributed by atoms with E-state index in [9.17, 15) is 57.9 Å². The molecule has 392 valence electrons. The molecule has 0 radical (unpaired) electrons. The van der Waals surface area contributed by atoms with Crippen molar-refractivity contribution in [2.45, 2.75) is 161 Å². The van der Waals surface area contributed by atoms with E-state index in [4.69, 9.17) is 18.3 Å². The number of aliphatic hydroxyl groups is 2. The van der Waals surface area contributed by atoms with Crippen molar-refractivity contribution in [1.82, 2.24) is 34.6 Å². The monoisotopic (exact) mass is 1060 g/mol. The van der Waals surface area contributed by atoms with Gasteiger partial charge >= 0.3 is 23.5 Å². The highest BCUT2D eigenvalue weighted by Gasteiger charge is 2.50. The third-order valence-electron chi connectivity index (χ3n) is 11.3. The first-order valence-electron chi connectivity index (χ1n) is 23.4. The lowest BCUT2D eigenvalue weighted by molar-refractivity contribution is -0.137. The number of carbonyl (C=O) groups is 3. The second-order valence-corrected chi connectivity index (χ2v) is 23.0. The number of fused-ring (bicyclic) bond motifs is 3. The van der Waals surface area contributed by atoms with E-state index in [2.05, 4.69) is 36.8 Å². The highest BCUT2D eigenvalue weighted by Crippen LogP contribution is 2.61. The quantitative estimate of drug-likeness (QED) is 0.0262. The lowest BCUT2D eigenvalue weighted by Gasteiger charge is -2.30. The van der Waals surface area contributed by atoms with E-state index < -0.39 is 84.6 Å². The van der Waals surface area contributed by atoms with Crippen LogP contribution in [0.3, 0.4) is 0 Å². The summed E-state index contributed by atoms with van der Waals surface area (Å²) in [6, 6.07) is 0. The Morgan fingerprint density at radius 3 is 2.04 bits per heavy atom. The fourth-order valence-electron chi connectivity index (χ4n) is 7.48. The topological polar surface area (TPSA) is 342 Å². The number of aliphatic hydroxyl groups excluding tert-OH is 2. The van der Waals surface area contributed by atoms with Crippen LogP contribution in [0.4, 0.5) is 0 Å². The van der Waals surface area contributed by atoms with Crippen LogP contribution < -0.4 is 10.6 Å². The Hall–Kier alpha value is -2.70. The Balaban J connectivity index is 1.09. The first-order chi connectivity index (χ1) is 32.6. The van der Waals surface area contributed by atoms with Crippen molar-refractivity contribution in [3.8, 4) is 0 Å². The van der Waals surface area contributed by atoms with Crippen molar-refractivity contribution in [3.05, 3.63) is 25.0 Å². The van der Waals surface area contributed by atoms with Crippen molar-refractivity contribution >= 4 is 69.0 Å². The van der Waals surface area contributed by atoms with Crippen LogP contribution in [0.5, 0.6) is 0 Å². The number of rotatable bonds is 35. The van der Waals surface area contributed by atoms with Gasteiger partial charge in [0.05, 0.1) is 19.5 Å². The summed E-state index contributed by atoms with van der Waals surface area (Å²) in [5.41, 5.74) is -0.827. The molecule has 3 aromatic heterocycles. The Kier molecular flexibility index (Phi) is 24.3. The lowest BCUT2D eigenvalue weighted by Crippen LogP contribution is -2.46. The number of nitrogens with zero attached hydrogens (tertiary/aromatic N) is 5. The summed E-state index contributed by atoms with van der Waals surface area (Å²) in [4.78, 5) is 89.5. The molecular formula is C41H70N7O17P3S. The number of carbonyl (C=O) groups excluding carboxylic acids is 3. The molecule has 0 spiro atoms. The maximum absolute atomic E-state index is 12.8. The minimum absolute atomic E-state index is 0.0721. The summed E-state index contributed by atoms with van der Waals surface area (Å²) in [6.45, 7) is 2.86. The van der Waals surface area contributed by atoms with Gasteiger partial charge in [-0.2, -0.15) is 4.31 Å². The standard InChI is InChI=1S/C41H70N7O17P3S/c1-4-5-6-7-8-9-10-11-12-13-14-15-16-17-18-19-32(50)69-25-23-42-31(49)20-21-44-39(53)36(52)41(2,3)27-62-68(59,60)65-67(57,58)61-26-30-35(64-66(54,55)56)34(51)40(63-30)48-29-45-33-37-43-22-24-47(37)28-46-38(33)48/h22,24,28-30,34-36,40,51-52H,4-21,23,25-27H2,1-3H3,(H,42,49)(H,44,53)(H,57,58)(H,59,60)(H2,54,55,56). The van der Waals surface area contributed by atoms with E-state index in [1.165, 1.54) is 114 Å². The molecule has 3 aromatic rings. The number of imidazole rings is 2. The Bertz CT molecular complexity index is 2230. The molecule has 1 saturated heterocycles. The average Bonchev–Trinajstić information content (AvgIpc) is 4.01. The van der Waals surface area contributed by atoms with E-state index in [0.717, 1.165) is 31.0 Å². The van der Waals surface area contributed by atoms with Crippen molar-refractivity contribution in [2.24, 2.45) is 5.41 Å². The van der Waals surface area contributed by atoms with Crippen molar-refractivity contribution in [3.63, 3.8) is 0 Å². The smallest absolute Gasteiger partial charge is 0.386 e. The third-order valence-corrected chi connectivity index (χ3v) is 15.3. The first-order valence-corrected chi connectivity index (χ1v) is 28.9. The summed E-state index contributed by atoms with van der Waals surface area (Å²) >= 11 is 1.16. The fourth-order valence-corrected chi connectivity index (χ4v) is 11.0. The van der Waals surface area contributed by atoms with Gasteiger partial charge < -0.3 is 45.2 Å². The first kappa shape index (κ1) is 58.9. The highest BCUT2D eigenvalue weighted by atomic mass is 32.2. The SMILES string of the molecule is CCCCCCCCCCCCCCCCCC(=O)SCCNC(=O)CCNC(=O)C(O)C(C)(C)COP(=O)(O)OP(=O)(O)OCC1OC(n2cnc3c2ncn2ccnc32)C(O)C1OP(=O)(O)O. The van der Waals surface area contributed by atoms with Gasteiger partial charge in [0.1, 0.15) is 30.7 Å². The van der Waals surface area contributed by atoms with Gasteiger partial charge in [-0.1, -0.05) is 122 Å². The lowest BCUT2D eigenvalue weighted by atomic mass is 9.87. The predicted octanol–water partition coefficient (Wildman–Crippen LogP) is 5.60. The number of hydrogen-bond donors (Lipinski definition) is 8. The zero-order chi connectivity index (χ0) is 50.7. The van der Waals surface area contributed by atoms with E-state index in [-0.39, 0.29) is 35.8 Å². The number of aromatic nitrogens is 5. The normalized spacial score (nSPS) is 20.0. The minimum atomic E-state index is -5.57. The van der Waals surface area contributed by atoms with Gasteiger partial charge in [-0.05, 0) is 6.42 Å². The average molecular weight is 1060 g/mol. The minimum Gasteiger partial charge on any atom is -0.386 e. The van der Waals surface area contributed by atoms with Gasteiger partial charge in [0.2, 0.25) is 11.8 Å². The number of hydrogen-bond acceptors (Lipinski definition) is 17. The summed E-state index contributed by atoms with van der Waals surface area (Å²) in [5, 5.41) is 26.8. The maximum atomic E-state index is 12.8. The van der Waals surface area contributed by atoms with E-state index >= 15 is 0 Å². The van der Waals surface area contributed by atoms with Crippen LogP contribution in [0.1, 0.15) is 136 Å². The van der Waals surface area contributed by atoms with Crippen molar-refractivity contribution < 1.29 is 80.5 Å². The second-order valence-electron chi connectivity index (χ2n) is 17.6. The zero-order valence-corrected chi connectivity index (χ0v) is 42.9. The molecule has 7 unspecified atom stereocenters. The van der Waals surface area contributed by atoms with E-state index in [1.54, 1.807) is 10.6 Å². The van der Waals surface area contributed by atoms with Crippen LogP contribution >= 0.6 is 35.2 Å². The largest absolute Gasteiger partial charge is 0.481 e. The summed E-state index contributed by atoms with van der Waals surface area (Å²) < 4.78 is 64.5. The van der Waals surface area contributed by atoms with Crippen LogP contribution in [0.2, 0.25) is 0 Å². The van der Waals surface area contributed by atoms with Crippen molar-refractivity contribution in [1.29, 1.82) is 0 Å².